The Morgan fingerprint density at radius 1 is 1.03 bits per heavy atom. The van der Waals surface area contributed by atoms with E-state index in [1.165, 1.54) is 0 Å². The van der Waals surface area contributed by atoms with Crippen LogP contribution in [0.3, 0.4) is 0 Å². The lowest BCUT2D eigenvalue weighted by Gasteiger charge is -2.11. The molecule has 1 N–H and O–H groups in total. The third-order valence-electron chi connectivity index (χ3n) is 4.29. The summed E-state index contributed by atoms with van der Waals surface area (Å²) in [4.78, 5) is 11.6. The highest BCUT2D eigenvalue weighted by molar-refractivity contribution is 7.99. The summed E-state index contributed by atoms with van der Waals surface area (Å²) < 4.78 is 32.8. The molecule has 9 heteroatoms. The summed E-state index contributed by atoms with van der Waals surface area (Å²) >= 11 is 7.77. The van der Waals surface area contributed by atoms with E-state index >= 15 is 0 Å². The lowest BCUT2D eigenvalue weighted by atomic mass is 9.98. The van der Waals surface area contributed by atoms with Crippen LogP contribution in [-0.4, -0.2) is 38.1 Å². The van der Waals surface area contributed by atoms with Gasteiger partial charge in [-0.1, -0.05) is 60.1 Å². The van der Waals surface area contributed by atoms with Gasteiger partial charge in [0.2, 0.25) is 0 Å². The maximum Gasteiger partial charge on any atom is 0.341 e. The van der Waals surface area contributed by atoms with Gasteiger partial charge in [0.25, 0.3) is 0 Å². The second-order valence-corrected chi connectivity index (χ2v) is 9.96. The van der Waals surface area contributed by atoms with Crippen molar-refractivity contribution in [2.24, 2.45) is 0 Å². The van der Waals surface area contributed by atoms with E-state index < -0.39 is 22.7 Å². The standard InChI is InChI=1S/C24H21ClO6S2/c1-33(28,29)31-19-9-7-18(8-10-19)21(17-5-3-2-4-6-17)13-14-32-20-11-12-23(22(25)15-20)30-16-24(26)27/h2-13,15H,14,16H2,1H3,(H,26,27)/b21-13+. The molecule has 0 spiro atoms. The predicted molar refractivity (Wildman–Crippen MR) is 131 cm³/mol. The van der Waals surface area contributed by atoms with E-state index in [9.17, 15) is 13.2 Å². The average Bonchev–Trinajstić information content (AvgIpc) is 2.76. The predicted octanol–water partition coefficient (Wildman–Crippen LogP) is 5.37. The topological polar surface area (TPSA) is 89.9 Å². The quantitative estimate of drug-likeness (QED) is 0.293. The van der Waals surface area contributed by atoms with Crippen LogP contribution in [0.5, 0.6) is 11.5 Å². The third kappa shape index (κ3) is 7.85. The van der Waals surface area contributed by atoms with Crippen molar-refractivity contribution in [1.29, 1.82) is 0 Å². The van der Waals surface area contributed by atoms with Crippen molar-refractivity contribution in [3.63, 3.8) is 0 Å². The molecule has 0 aromatic heterocycles. The molecule has 0 aliphatic heterocycles. The first-order chi connectivity index (χ1) is 15.7. The summed E-state index contributed by atoms with van der Waals surface area (Å²) in [5.41, 5.74) is 2.92. The number of ether oxygens (including phenoxy) is 1. The van der Waals surface area contributed by atoms with Gasteiger partial charge < -0.3 is 14.0 Å². The number of carbonyl (C=O) groups is 1. The van der Waals surface area contributed by atoms with E-state index in [1.54, 1.807) is 36.0 Å². The van der Waals surface area contributed by atoms with Crippen LogP contribution in [0.2, 0.25) is 5.02 Å². The number of aliphatic carboxylic acids is 1. The molecule has 0 saturated heterocycles. The minimum Gasteiger partial charge on any atom is -0.480 e. The number of hydrogen-bond acceptors (Lipinski definition) is 6. The molecular formula is C24H21ClO6S2. The molecule has 172 valence electrons. The van der Waals surface area contributed by atoms with Crippen molar-refractivity contribution >= 4 is 45.0 Å². The van der Waals surface area contributed by atoms with E-state index in [-0.39, 0.29) is 5.75 Å². The van der Waals surface area contributed by atoms with Gasteiger partial charge in [0, 0.05) is 10.6 Å². The van der Waals surface area contributed by atoms with Crippen LogP contribution in [0.4, 0.5) is 0 Å². The first-order valence-corrected chi connectivity index (χ1v) is 12.9. The summed E-state index contributed by atoms with van der Waals surface area (Å²) in [7, 11) is -3.59. The highest BCUT2D eigenvalue weighted by atomic mass is 35.5. The van der Waals surface area contributed by atoms with Crippen LogP contribution in [0.1, 0.15) is 11.1 Å². The molecule has 0 heterocycles. The van der Waals surface area contributed by atoms with Crippen LogP contribution in [0.25, 0.3) is 5.57 Å². The van der Waals surface area contributed by atoms with Gasteiger partial charge in [-0.05, 0) is 47.0 Å². The fourth-order valence-corrected chi connectivity index (χ4v) is 4.50. The fourth-order valence-electron chi connectivity index (χ4n) is 2.93. The van der Waals surface area contributed by atoms with Crippen molar-refractivity contribution in [3.8, 4) is 11.5 Å². The zero-order chi connectivity index (χ0) is 23.8. The summed E-state index contributed by atoms with van der Waals surface area (Å²) in [6.45, 7) is -0.455. The Bertz CT molecular complexity index is 1240. The molecule has 33 heavy (non-hydrogen) atoms. The number of carboxylic acid groups (broad SMARTS) is 1. The highest BCUT2D eigenvalue weighted by Gasteiger charge is 2.09. The molecule has 3 rings (SSSR count). The van der Waals surface area contributed by atoms with E-state index in [2.05, 4.69) is 6.08 Å². The first kappa shape index (κ1) is 24.7. The summed E-state index contributed by atoms with van der Waals surface area (Å²) in [5.74, 6) is 0.138. The lowest BCUT2D eigenvalue weighted by molar-refractivity contribution is -0.139. The number of rotatable bonds is 10. The molecule has 0 saturated carbocycles. The van der Waals surface area contributed by atoms with Crippen molar-refractivity contribution in [2.75, 3.05) is 18.6 Å². The Hall–Kier alpha value is -2.94. The monoisotopic (exact) mass is 504 g/mol. The van der Waals surface area contributed by atoms with E-state index in [4.69, 9.17) is 25.6 Å². The minimum atomic E-state index is -3.59. The Kier molecular flexibility index (Phi) is 8.43. The Morgan fingerprint density at radius 2 is 1.70 bits per heavy atom. The molecule has 3 aromatic rings. The molecule has 0 amide bonds. The van der Waals surface area contributed by atoms with Crippen LogP contribution in [0, 0.1) is 0 Å². The SMILES string of the molecule is CS(=O)(=O)Oc1ccc(/C(=C/CSc2ccc(OCC(=O)O)c(Cl)c2)c2ccccc2)cc1. The zero-order valence-corrected chi connectivity index (χ0v) is 20.0. The summed E-state index contributed by atoms with van der Waals surface area (Å²) in [6, 6.07) is 21.9. The number of halogens is 1. The zero-order valence-electron chi connectivity index (χ0n) is 17.6. The maximum absolute atomic E-state index is 11.3. The summed E-state index contributed by atoms with van der Waals surface area (Å²) in [5, 5.41) is 9.07. The van der Waals surface area contributed by atoms with Crippen LogP contribution in [-0.2, 0) is 14.9 Å². The van der Waals surface area contributed by atoms with Crippen molar-refractivity contribution in [2.45, 2.75) is 4.90 Å². The van der Waals surface area contributed by atoms with E-state index in [0.717, 1.165) is 27.9 Å². The Labute approximate surface area is 201 Å². The molecule has 0 unspecified atom stereocenters. The smallest absolute Gasteiger partial charge is 0.341 e. The second-order valence-electron chi connectivity index (χ2n) is 6.88. The van der Waals surface area contributed by atoms with Gasteiger partial charge in [-0.2, -0.15) is 8.42 Å². The van der Waals surface area contributed by atoms with Crippen LogP contribution >= 0.6 is 23.4 Å². The maximum atomic E-state index is 11.3. The molecule has 0 bridgehead atoms. The van der Waals surface area contributed by atoms with Gasteiger partial charge in [0.15, 0.2) is 6.61 Å². The van der Waals surface area contributed by atoms with E-state index in [1.807, 2.05) is 48.5 Å². The number of thioether (sulfide) groups is 1. The molecule has 0 aliphatic rings. The lowest BCUT2D eigenvalue weighted by Crippen LogP contribution is -2.09. The second kappa shape index (κ2) is 11.3. The Balaban J connectivity index is 1.78. The third-order valence-corrected chi connectivity index (χ3v) is 6.00. The molecule has 0 atom stereocenters. The minimum absolute atomic E-state index is 0.253. The molecule has 0 aliphatic carbocycles. The normalized spacial score (nSPS) is 11.8. The number of hydrogen-bond donors (Lipinski definition) is 1. The van der Waals surface area contributed by atoms with Crippen LogP contribution < -0.4 is 8.92 Å². The highest BCUT2D eigenvalue weighted by Crippen LogP contribution is 2.31. The molecule has 0 radical (unpaired) electrons. The number of benzene rings is 3. The average molecular weight is 505 g/mol. The molecule has 0 fully saturated rings. The molecule has 6 nitrogen and oxygen atoms in total. The largest absolute Gasteiger partial charge is 0.480 e. The van der Waals surface area contributed by atoms with Crippen molar-refractivity contribution in [3.05, 3.63) is 95.0 Å². The van der Waals surface area contributed by atoms with Crippen molar-refractivity contribution in [1.82, 2.24) is 0 Å². The first-order valence-electron chi connectivity index (χ1n) is 9.74. The fraction of sp³-hybridized carbons (Fsp3) is 0.125. The van der Waals surface area contributed by atoms with Gasteiger partial charge in [-0.3, -0.25) is 0 Å². The van der Waals surface area contributed by atoms with Crippen molar-refractivity contribution < 1.29 is 27.2 Å². The van der Waals surface area contributed by atoms with Gasteiger partial charge in [-0.15, -0.1) is 11.8 Å². The van der Waals surface area contributed by atoms with Gasteiger partial charge in [0.1, 0.15) is 11.5 Å². The van der Waals surface area contributed by atoms with E-state index in [0.29, 0.717) is 16.5 Å². The van der Waals surface area contributed by atoms with Crippen LogP contribution in [0.15, 0.2) is 83.8 Å². The number of carboxylic acids is 1. The van der Waals surface area contributed by atoms with Gasteiger partial charge in [-0.25, -0.2) is 4.79 Å². The molecular weight excluding hydrogens is 484 g/mol. The molecule has 3 aromatic carbocycles. The van der Waals surface area contributed by atoms with Gasteiger partial charge in [0.05, 0.1) is 11.3 Å². The van der Waals surface area contributed by atoms with Gasteiger partial charge >= 0.3 is 16.1 Å². The Morgan fingerprint density at radius 3 is 2.30 bits per heavy atom. The summed E-state index contributed by atoms with van der Waals surface area (Å²) in [6.07, 6.45) is 3.08.